The van der Waals surface area contributed by atoms with Gasteiger partial charge in [-0.2, -0.15) is 0 Å². The number of carboxylic acid groups (broad SMARTS) is 1. The minimum absolute atomic E-state index is 0.384. The van der Waals surface area contributed by atoms with Crippen LogP contribution in [-0.4, -0.2) is 39.7 Å². The molecule has 1 unspecified atom stereocenters. The van der Waals surface area contributed by atoms with Gasteiger partial charge in [-0.1, -0.05) is 0 Å². The minimum Gasteiger partial charge on any atom is -0.480 e. The van der Waals surface area contributed by atoms with E-state index in [9.17, 15) is 9.59 Å². The number of thioether (sulfide) groups is 1. The van der Waals surface area contributed by atoms with Crippen LogP contribution in [0.5, 0.6) is 0 Å². The summed E-state index contributed by atoms with van der Waals surface area (Å²) in [4.78, 5) is 24.4. The standard InChI is InChI=1S/C11H10BrIN2O3S/c12-7-3-6(1-2-8(7)13)14-11(18)15-5-19-4-9(15)10(16)17/h1-3,9H,4-5H2,(H,14,18)(H,16,17). The Kier molecular flexibility index (Phi) is 4.96. The minimum atomic E-state index is -0.969. The average molecular weight is 457 g/mol. The monoisotopic (exact) mass is 456 g/mol. The predicted molar refractivity (Wildman–Crippen MR) is 86.5 cm³/mol. The maximum Gasteiger partial charge on any atom is 0.327 e. The van der Waals surface area contributed by atoms with Crippen molar-refractivity contribution in [3.05, 3.63) is 26.2 Å². The number of carbonyl (C=O) groups excluding carboxylic acids is 1. The van der Waals surface area contributed by atoms with Crippen LogP contribution < -0.4 is 5.32 Å². The molecule has 0 saturated carbocycles. The molecule has 1 atom stereocenters. The summed E-state index contributed by atoms with van der Waals surface area (Å²) >= 11 is 6.99. The van der Waals surface area contributed by atoms with Crippen molar-refractivity contribution in [3.63, 3.8) is 0 Å². The number of urea groups is 1. The summed E-state index contributed by atoms with van der Waals surface area (Å²) in [6, 6.07) is 4.30. The number of hydrogen-bond acceptors (Lipinski definition) is 3. The van der Waals surface area contributed by atoms with Crippen LogP contribution in [0, 0.1) is 3.57 Å². The average Bonchev–Trinajstić information content (AvgIpc) is 2.83. The molecule has 0 aliphatic carbocycles. The maximum absolute atomic E-state index is 12.0. The first-order valence-corrected chi connectivity index (χ1v) is 8.35. The predicted octanol–water partition coefficient (Wildman–Crippen LogP) is 3.05. The molecule has 1 saturated heterocycles. The van der Waals surface area contributed by atoms with Gasteiger partial charge < -0.3 is 15.3 Å². The molecule has 5 nitrogen and oxygen atoms in total. The first-order valence-electron chi connectivity index (χ1n) is 5.32. The van der Waals surface area contributed by atoms with E-state index in [4.69, 9.17) is 5.11 Å². The number of carbonyl (C=O) groups is 2. The van der Waals surface area contributed by atoms with Crippen molar-refractivity contribution in [2.24, 2.45) is 0 Å². The van der Waals surface area contributed by atoms with Crippen molar-refractivity contribution in [1.82, 2.24) is 4.90 Å². The molecule has 2 rings (SSSR count). The Morgan fingerprint density at radius 3 is 2.89 bits per heavy atom. The van der Waals surface area contributed by atoms with E-state index in [0.717, 1.165) is 8.04 Å². The summed E-state index contributed by atoms with van der Waals surface area (Å²) < 4.78 is 1.92. The van der Waals surface area contributed by atoms with Gasteiger partial charge in [0.1, 0.15) is 6.04 Å². The third-order valence-electron chi connectivity index (χ3n) is 2.60. The Morgan fingerprint density at radius 1 is 1.53 bits per heavy atom. The summed E-state index contributed by atoms with van der Waals surface area (Å²) in [7, 11) is 0. The highest BCUT2D eigenvalue weighted by Crippen LogP contribution is 2.25. The molecule has 1 aromatic rings. The molecule has 0 aromatic heterocycles. The SMILES string of the molecule is O=C(O)C1CSCN1C(=O)Nc1ccc(I)c(Br)c1. The molecule has 8 heteroatoms. The third-order valence-corrected chi connectivity index (χ3v) is 5.95. The fraction of sp³-hybridized carbons (Fsp3) is 0.273. The van der Waals surface area contributed by atoms with Crippen LogP contribution in [0.25, 0.3) is 0 Å². The van der Waals surface area contributed by atoms with Crippen molar-refractivity contribution in [2.45, 2.75) is 6.04 Å². The van der Waals surface area contributed by atoms with Crippen LogP contribution in [0.3, 0.4) is 0 Å². The fourth-order valence-electron chi connectivity index (χ4n) is 1.62. The number of nitrogens with one attached hydrogen (secondary N) is 1. The molecule has 1 aromatic carbocycles. The second-order valence-electron chi connectivity index (χ2n) is 3.88. The van der Waals surface area contributed by atoms with Gasteiger partial charge >= 0.3 is 12.0 Å². The van der Waals surface area contributed by atoms with E-state index in [1.165, 1.54) is 16.7 Å². The Morgan fingerprint density at radius 2 is 2.26 bits per heavy atom. The van der Waals surface area contributed by atoms with Crippen molar-refractivity contribution < 1.29 is 14.7 Å². The summed E-state index contributed by atoms with van der Waals surface area (Å²) in [5, 5.41) is 11.7. The highest BCUT2D eigenvalue weighted by Gasteiger charge is 2.34. The van der Waals surface area contributed by atoms with E-state index in [-0.39, 0.29) is 6.03 Å². The third kappa shape index (κ3) is 3.54. The lowest BCUT2D eigenvalue weighted by atomic mass is 10.3. The number of amides is 2. The van der Waals surface area contributed by atoms with Crippen molar-refractivity contribution in [2.75, 3.05) is 16.9 Å². The zero-order valence-electron chi connectivity index (χ0n) is 9.60. The molecule has 2 amide bonds. The van der Waals surface area contributed by atoms with E-state index in [2.05, 4.69) is 43.8 Å². The van der Waals surface area contributed by atoms with Gasteiger partial charge in [-0.25, -0.2) is 9.59 Å². The Hall–Kier alpha value is -0.480. The second-order valence-corrected chi connectivity index (χ2v) is 6.90. The van der Waals surface area contributed by atoms with Crippen LogP contribution in [-0.2, 0) is 4.79 Å². The molecule has 1 heterocycles. The number of nitrogens with zero attached hydrogens (tertiary/aromatic N) is 1. The number of anilines is 1. The van der Waals surface area contributed by atoms with E-state index in [1.54, 1.807) is 12.1 Å². The summed E-state index contributed by atoms with van der Waals surface area (Å²) in [5.74, 6) is -0.142. The van der Waals surface area contributed by atoms with Crippen LogP contribution >= 0.6 is 50.3 Å². The molecule has 19 heavy (non-hydrogen) atoms. The summed E-state index contributed by atoms with van der Waals surface area (Å²) in [6.07, 6.45) is 0. The highest BCUT2D eigenvalue weighted by molar-refractivity contribution is 14.1. The molecule has 0 spiro atoms. The summed E-state index contributed by atoms with van der Waals surface area (Å²) in [5.41, 5.74) is 0.637. The van der Waals surface area contributed by atoms with E-state index in [1.807, 2.05) is 6.07 Å². The van der Waals surface area contributed by atoms with Gasteiger partial charge in [0.05, 0.1) is 5.88 Å². The zero-order valence-corrected chi connectivity index (χ0v) is 14.2. The molecule has 1 aliphatic rings. The Labute approximate surface area is 136 Å². The quantitative estimate of drug-likeness (QED) is 0.671. The molecular formula is C11H10BrIN2O3S. The van der Waals surface area contributed by atoms with Gasteiger partial charge in [-0.15, -0.1) is 11.8 Å². The number of rotatable bonds is 2. The van der Waals surface area contributed by atoms with Gasteiger partial charge in [-0.05, 0) is 56.7 Å². The Bertz CT molecular complexity index is 529. The number of hydrogen-bond donors (Lipinski definition) is 2. The maximum atomic E-state index is 12.0. The normalized spacial score (nSPS) is 18.4. The molecule has 1 fully saturated rings. The van der Waals surface area contributed by atoms with Gasteiger partial charge in [0.2, 0.25) is 0 Å². The topological polar surface area (TPSA) is 69.6 Å². The molecule has 2 N–H and O–H groups in total. The lowest BCUT2D eigenvalue weighted by Crippen LogP contribution is -2.43. The highest BCUT2D eigenvalue weighted by atomic mass is 127. The van der Waals surface area contributed by atoms with E-state index >= 15 is 0 Å². The van der Waals surface area contributed by atoms with Crippen molar-refractivity contribution in [3.8, 4) is 0 Å². The smallest absolute Gasteiger partial charge is 0.327 e. The number of benzene rings is 1. The fourth-order valence-corrected chi connectivity index (χ4v) is 3.48. The molecule has 0 radical (unpaired) electrons. The van der Waals surface area contributed by atoms with Crippen molar-refractivity contribution in [1.29, 1.82) is 0 Å². The van der Waals surface area contributed by atoms with Crippen LogP contribution in [0.1, 0.15) is 0 Å². The van der Waals surface area contributed by atoms with Gasteiger partial charge in [-0.3, -0.25) is 0 Å². The van der Waals surface area contributed by atoms with Crippen LogP contribution in [0.2, 0.25) is 0 Å². The first kappa shape index (κ1) is 14.9. The van der Waals surface area contributed by atoms with Gasteiger partial charge in [0, 0.05) is 19.5 Å². The molecule has 0 bridgehead atoms. The zero-order chi connectivity index (χ0) is 14.0. The van der Waals surface area contributed by atoms with Crippen molar-refractivity contribution >= 4 is 68.0 Å². The van der Waals surface area contributed by atoms with Crippen LogP contribution in [0.15, 0.2) is 22.7 Å². The van der Waals surface area contributed by atoms with E-state index < -0.39 is 12.0 Å². The lowest BCUT2D eigenvalue weighted by molar-refractivity contribution is -0.140. The lowest BCUT2D eigenvalue weighted by Gasteiger charge is -2.21. The summed E-state index contributed by atoms with van der Waals surface area (Å²) in [6.45, 7) is 0. The number of aliphatic carboxylic acids is 1. The number of carboxylic acids is 1. The van der Waals surface area contributed by atoms with Crippen LogP contribution in [0.4, 0.5) is 10.5 Å². The first-order chi connectivity index (χ1) is 8.99. The van der Waals surface area contributed by atoms with Gasteiger partial charge in [0.25, 0.3) is 0 Å². The Balaban J connectivity index is 2.08. The molecular weight excluding hydrogens is 447 g/mol. The van der Waals surface area contributed by atoms with Gasteiger partial charge in [0.15, 0.2) is 0 Å². The van der Waals surface area contributed by atoms with E-state index in [0.29, 0.717) is 17.3 Å². The molecule has 102 valence electrons. The molecule has 1 aliphatic heterocycles. The largest absolute Gasteiger partial charge is 0.480 e. The second kappa shape index (κ2) is 6.31. The number of halogens is 2.